The highest BCUT2D eigenvalue weighted by atomic mass is 35.5. The van der Waals surface area contributed by atoms with Gasteiger partial charge in [0.2, 0.25) is 0 Å². The van der Waals surface area contributed by atoms with Gasteiger partial charge in [-0.2, -0.15) is 0 Å². The van der Waals surface area contributed by atoms with Gasteiger partial charge in [-0.05, 0) is 48.4 Å². The Morgan fingerprint density at radius 3 is 2.77 bits per heavy atom. The van der Waals surface area contributed by atoms with Gasteiger partial charge in [0.1, 0.15) is 24.0 Å². The fourth-order valence-corrected chi connectivity index (χ4v) is 2.96. The predicted octanol–water partition coefficient (Wildman–Crippen LogP) is 4.08. The molecule has 0 radical (unpaired) electrons. The summed E-state index contributed by atoms with van der Waals surface area (Å²) < 4.78 is 11.0. The fraction of sp³-hybridized carbons (Fsp3) is 0.150. The molecule has 5 nitrogen and oxygen atoms in total. The van der Waals surface area contributed by atoms with E-state index in [1.807, 2.05) is 49.4 Å². The van der Waals surface area contributed by atoms with Crippen molar-refractivity contribution >= 4 is 28.3 Å². The lowest BCUT2D eigenvalue weighted by atomic mass is 10.1. The van der Waals surface area contributed by atoms with E-state index in [9.17, 15) is 4.79 Å². The summed E-state index contributed by atoms with van der Waals surface area (Å²) in [6.07, 6.45) is 1.72. The van der Waals surface area contributed by atoms with E-state index >= 15 is 0 Å². The summed E-state index contributed by atoms with van der Waals surface area (Å²) in [5.41, 5.74) is 5.77. The summed E-state index contributed by atoms with van der Waals surface area (Å²) in [7, 11) is 0. The number of rotatable bonds is 4. The molecule has 1 atom stereocenters. The number of hydroxylamine groups is 1. The van der Waals surface area contributed by atoms with Crippen LogP contribution in [0.25, 0.3) is 16.7 Å². The summed E-state index contributed by atoms with van der Waals surface area (Å²) in [6.45, 7) is 2.20. The van der Waals surface area contributed by atoms with E-state index in [2.05, 4.69) is 5.48 Å². The second-order valence-corrected chi connectivity index (χ2v) is 6.50. The monoisotopic (exact) mass is 369 g/mol. The number of benzene rings is 2. The second kappa shape index (κ2) is 6.86. The van der Waals surface area contributed by atoms with Crippen LogP contribution in [0.15, 0.2) is 63.8 Å². The van der Waals surface area contributed by atoms with E-state index in [1.165, 1.54) is 6.07 Å². The average Bonchev–Trinajstić information content (AvgIpc) is 3.09. The zero-order valence-corrected chi connectivity index (χ0v) is 14.7. The first-order chi connectivity index (χ1) is 12.6. The Kier molecular flexibility index (Phi) is 4.41. The topological polar surface area (TPSA) is 60.7 Å². The second-order valence-electron chi connectivity index (χ2n) is 6.06. The summed E-state index contributed by atoms with van der Waals surface area (Å²) in [4.78, 5) is 17.0. The van der Waals surface area contributed by atoms with Crippen LogP contribution in [-0.4, -0.2) is 12.7 Å². The van der Waals surface area contributed by atoms with Crippen LogP contribution in [-0.2, 0) is 4.84 Å². The molecule has 1 aliphatic heterocycles. The van der Waals surface area contributed by atoms with Crippen LogP contribution in [0.3, 0.4) is 0 Å². The molecule has 0 saturated carbocycles. The first-order valence-electron chi connectivity index (χ1n) is 8.15. The van der Waals surface area contributed by atoms with Gasteiger partial charge in [-0.3, -0.25) is 10.3 Å². The Labute approximate surface area is 154 Å². The van der Waals surface area contributed by atoms with E-state index in [1.54, 1.807) is 6.07 Å². The zero-order chi connectivity index (χ0) is 18.1. The standard InChI is InChI=1S/C20H16ClNO4/c1-12-8-20(23)25-19-10-15(6-7-17(12)19)24-11-16-9-18(22-26-16)13-2-4-14(21)5-3-13/h2-10,16,22H,11H2,1H3/t16-/m1/s1. The lowest BCUT2D eigenvalue weighted by Crippen LogP contribution is -2.19. The number of hydrogen-bond donors (Lipinski definition) is 1. The highest BCUT2D eigenvalue weighted by Crippen LogP contribution is 2.24. The third-order valence-electron chi connectivity index (χ3n) is 4.17. The molecule has 26 heavy (non-hydrogen) atoms. The first-order valence-corrected chi connectivity index (χ1v) is 8.53. The van der Waals surface area contributed by atoms with Crippen molar-refractivity contribution < 1.29 is 14.0 Å². The van der Waals surface area contributed by atoms with Crippen LogP contribution < -0.4 is 15.8 Å². The van der Waals surface area contributed by atoms with Crippen molar-refractivity contribution in [3.63, 3.8) is 0 Å². The summed E-state index contributed by atoms with van der Waals surface area (Å²) >= 11 is 5.91. The third kappa shape index (κ3) is 3.45. The number of fused-ring (bicyclic) bond motifs is 1. The molecule has 0 spiro atoms. The van der Waals surface area contributed by atoms with Crippen molar-refractivity contribution in [3.05, 3.63) is 81.2 Å². The Balaban J connectivity index is 1.47. The molecule has 4 rings (SSSR count). The van der Waals surface area contributed by atoms with Crippen molar-refractivity contribution in [1.82, 2.24) is 5.48 Å². The minimum Gasteiger partial charge on any atom is -0.490 e. The van der Waals surface area contributed by atoms with Gasteiger partial charge >= 0.3 is 5.63 Å². The van der Waals surface area contributed by atoms with Crippen LogP contribution in [0.1, 0.15) is 11.1 Å². The third-order valence-corrected chi connectivity index (χ3v) is 4.42. The summed E-state index contributed by atoms with van der Waals surface area (Å²) in [5, 5.41) is 1.58. The average molecular weight is 370 g/mol. The quantitative estimate of drug-likeness (QED) is 0.702. The van der Waals surface area contributed by atoms with E-state index in [0.29, 0.717) is 23.0 Å². The summed E-state index contributed by atoms with van der Waals surface area (Å²) in [5.74, 6) is 0.614. The first kappa shape index (κ1) is 16.7. The largest absolute Gasteiger partial charge is 0.490 e. The SMILES string of the molecule is Cc1cc(=O)oc2cc(OC[C@H]3C=C(c4ccc(Cl)cc4)NO3)ccc12. The van der Waals surface area contributed by atoms with Crippen molar-refractivity contribution in [2.75, 3.05) is 6.61 Å². The number of aryl methyl sites for hydroxylation is 1. The maximum Gasteiger partial charge on any atom is 0.336 e. The van der Waals surface area contributed by atoms with Crippen LogP contribution in [0.5, 0.6) is 5.75 Å². The van der Waals surface area contributed by atoms with Gasteiger partial charge in [-0.25, -0.2) is 4.79 Å². The van der Waals surface area contributed by atoms with Gasteiger partial charge in [-0.1, -0.05) is 23.7 Å². The van der Waals surface area contributed by atoms with E-state index in [-0.39, 0.29) is 11.7 Å². The van der Waals surface area contributed by atoms with Crippen molar-refractivity contribution in [2.24, 2.45) is 0 Å². The molecule has 132 valence electrons. The molecule has 2 aromatic carbocycles. The molecular formula is C20H16ClNO4. The number of hydrogen-bond acceptors (Lipinski definition) is 5. The maximum absolute atomic E-state index is 11.5. The van der Waals surface area contributed by atoms with E-state index in [4.69, 9.17) is 25.6 Å². The van der Waals surface area contributed by atoms with E-state index in [0.717, 1.165) is 22.2 Å². The molecule has 0 saturated heterocycles. The van der Waals surface area contributed by atoms with Crippen LogP contribution in [0.4, 0.5) is 0 Å². The number of nitrogens with one attached hydrogen (secondary N) is 1. The molecule has 1 aliphatic rings. The highest BCUT2D eigenvalue weighted by molar-refractivity contribution is 6.30. The van der Waals surface area contributed by atoms with Crippen molar-refractivity contribution in [2.45, 2.75) is 13.0 Å². The lowest BCUT2D eigenvalue weighted by molar-refractivity contribution is 0.0236. The van der Waals surface area contributed by atoms with Gasteiger partial charge in [0.25, 0.3) is 0 Å². The lowest BCUT2D eigenvalue weighted by Gasteiger charge is -2.10. The number of ether oxygens (including phenoxy) is 1. The van der Waals surface area contributed by atoms with Crippen LogP contribution >= 0.6 is 11.6 Å². The molecule has 6 heteroatoms. The molecule has 0 unspecified atom stereocenters. The molecule has 0 fully saturated rings. The molecule has 0 amide bonds. The molecule has 0 aliphatic carbocycles. The Bertz CT molecular complexity index is 1040. The molecule has 1 aromatic heterocycles. The van der Waals surface area contributed by atoms with Gasteiger partial charge in [0.15, 0.2) is 0 Å². The van der Waals surface area contributed by atoms with Crippen molar-refractivity contribution in [3.8, 4) is 5.75 Å². The highest BCUT2D eigenvalue weighted by Gasteiger charge is 2.18. The van der Waals surface area contributed by atoms with Gasteiger partial charge < -0.3 is 9.15 Å². The molecule has 3 aromatic rings. The zero-order valence-electron chi connectivity index (χ0n) is 14.0. The molecular weight excluding hydrogens is 354 g/mol. The Morgan fingerprint density at radius 2 is 1.96 bits per heavy atom. The maximum atomic E-state index is 11.5. The Hall–Kier alpha value is -2.76. The summed E-state index contributed by atoms with van der Waals surface area (Å²) in [6, 6.07) is 14.4. The molecule has 2 heterocycles. The smallest absolute Gasteiger partial charge is 0.336 e. The fourth-order valence-electron chi connectivity index (χ4n) is 2.83. The van der Waals surface area contributed by atoms with Crippen LogP contribution in [0.2, 0.25) is 5.02 Å². The van der Waals surface area contributed by atoms with E-state index < -0.39 is 0 Å². The van der Waals surface area contributed by atoms with Gasteiger partial charge in [-0.15, -0.1) is 0 Å². The molecule has 0 bridgehead atoms. The van der Waals surface area contributed by atoms with Gasteiger partial charge in [0, 0.05) is 22.5 Å². The minimum atomic E-state index is -0.369. The number of halogens is 1. The normalized spacial score (nSPS) is 16.4. The predicted molar refractivity (Wildman–Crippen MR) is 100 cm³/mol. The Morgan fingerprint density at radius 1 is 1.15 bits per heavy atom. The van der Waals surface area contributed by atoms with Gasteiger partial charge in [0.05, 0.1) is 5.70 Å². The molecule has 1 N–H and O–H groups in total. The minimum absolute atomic E-state index is 0.235. The van der Waals surface area contributed by atoms with Crippen molar-refractivity contribution in [1.29, 1.82) is 0 Å². The van der Waals surface area contributed by atoms with Crippen LogP contribution in [0, 0.1) is 6.92 Å².